The molecule has 1 aromatic heterocycles. The van der Waals surface area contributed by atoms with Crippen LogP contribution in [-0.4, -0.2) is 12.8 Å². The van der Waals surface area contributed by atoms with Crippen molar-refractivity contribution in [1.82, 2.24) is 0 Å². The number of rotatable bonds is 4. The zero-order chi connectivity index (χ0) is 9.52. The summed E-state index contributed by atoms with van der Waals surface area (Å²) in [5.74, 6) is 0. The molecule has 1 rings (SSSR count). The number of aromatic nitrogens is 1. The van der Waals surface area contributed by atoms with Crippen LogP contribution in [0.5, 0.6) is 0 Å². The Morgan fingerprint density at radius 3 is 2.85 bits per heavy atom. The van der Waals surface area contributed by atoms with Gasteiger partial charge in [-0.15, -0.1) is 0 Å². The molecule has 4 heteroatoms. The molecule has 0 N–H and O–H groups in total. The van der Waals surface area contributed by atoms with Gasteiger partial charge in [0.05, 0.1) is 6.21 Å². The smallest absolute Gasteiger partial charge is 0.181 e. The molecule has 0 atom stereocenters. The summed E-state index contributed by atoms with van der Waals surface area (Å²) in [6, 6.07) is 3.34. The van der Waals surface area contributed by atoms with Crippen molar-refractivity contribution in [3.05, 3.63) is 35.3 Å². The Kier molecular flexibility index (Phi) is 3.75. The van der Waals surface area contributed by atoms with Gasteiger partial charge in [0, 0.05) is 17.7 Å². The molecule has 0 unspecified atom stereocenters. The minimum Gasteiger partial charge on any atom is -0.619 e. The van der Waals surface area contributed by atoms with Crippen molar-refractivity contribution < 1.29 is 9.57 Å². The highest BCUT2D eigenvalue weighted by molar-refractivity contribution is 5.78. The van der Waals surface area contributed by atoms with Crippen LogP contribution in [0.3, 0.4) is 0 Å². The van der Waals surface area contributed by atoms with E-state index in [4.69, 9.17) is 4.84 Å². The predicted octanol–water partition coefficient (Wildman–Crippen LogP) is 1.08. The minimum atomic E-state index is 0.616. The SMILES string of the molecule is CCCO/N=C/c1cc[n+]([O-])cc1. The van der Waals surface area contributed by atoms with Gasteiger partial charge in [0.1, 0.15) is 6.61 Å². The van der Waals surface area contributed by atoms with E-state index < -0.39 is 0 Å². The fourth-order valence-corrected chi connectivity index (χ4v) is 0.752. The lowest BCUT2D eigenvalue weighted by molar-refractivity contribution is -0.605. The van der Waals surface area contributed by atoms with Gasteiger partial charge in [-0.3, -0.25) is 0 Å². The summed E-state index contributed by atoms with van der Waals surface area (Å²) in [6.07, 6.45) is 5.35. The summed E-state index contributed by atoms with van der Waals surface area (Å²) in [4.78, 5) is 4.90. The van der Waals surface area contributed by atoms with Gasteiger partial charge in [0.15, 0.2) is 12.4 Å². The van der Waals surface area contributed by atoms with E-state index >= 15 is 0 Å². The second-order valence-electron chi connectivity index (χ2n) is 2.56. The van der Waals surface area contributed by atoms with E-state index in [0.717, 1.165) is 16.7 Å². The molecule has 4 nitrogen and oxygen atoms in total. The average molecular weight is 180 g/mol. The Morgan fingerprint density at radius 1 is 1.54 bits per heavy atom. The van der Waals surface area contributed by atoms with Crippen LogP contribution in [0.1, 0.15) is 18.9 Å². The van der Waals surface area contributed by atoms with Crippen LogP contribution in [0.15, 0.2) is 29.7 Å². The highest BCUT2D eigenvalue weighted by atomic mass is 16.6. The minimum absolute atomic E-state index is 0.616. The second kappa shape index (κ2) is 5.13. The molecular formula is C9H12N2O2. The zero-order valence-corrected chi connectivity index (χ0v) is 7.51. The molecule has 0 bridgehead atoms. The Hall–Kier alpha value is -1.58. The van der Waals surface area contributed by atoms with Gasteiger partial charge in [-0.05, 0) is 6.42 Å². The highest BCUT2D eigenvalue weighted by Gasteiger charge is 1.89. The van der Waals surface area contributed by atoms with E-state index in [1.165, 1.54) is 12.4 Å². The van der Waals surface area contributed by atoms with Crippen LogP contribution in [0.4, 0.5) is 0 Å². The summed E-state index contributed by atoms with van der Waals surface area (Å²) in [7, 11) is 0. The highest BCUT2D eigenvalue weighted by Crippen LogP contribution is 1.90. The van der Waals surface area contributed by atoms with Crippen LogP contribution in [0.2, 0.25) is 0 Å². The van der Waals surface area contributed by atoms with Crippen molar-refractivity contribution in [3.63, 3.8) is 0 Å². The molecule has 0 aliphatic rings. The van der Waals surface area contributed by atoms with Crippen LogP contribution >= 0.6 is 0 Å². The molecule has 0 aromatic carbocycles. The van der Waals surface area contributed by atoms with Crippen molar-refractivity contribution in [3.8, 4) is 0 Å². The van der Waals surface area contributed by atoms with Crippen LogP contribution in [-0.2, 0) is 4.84 Å². The summed E-state index contributed by atoms with van der Waals surface area (Å²) >= 11 is 0. The van der Waals surface area contributed by atoms with Gasteiger partial charge in [-0.1, -0.05) is 12.1 Å². The van der Waals surface area contributed by atoms with Crippen molar-refractivity contribution in [1.29, 1.82) is 0 Å². The molecule has 0 aliphatic carbocycles. The maximum Gasteiger partial charge on any atom is 0.181 e. The Bertz CT molecular complexity index is 269. The topological polar surface area (TPSA) is 48.5 Å². The van der Waals surface area contributed by atoms with Gasteiger partial charge in [0.2, 0.25) is 0 Å². The first-order chi connectivity index (χ1) is 6.33. The fourth-order valence-electron chi connectivity index (χ4n) is 0.752. The maximum absolute atomic E-state index is 10.6. The number of nitrogens with zero attached hydrogens (tertiary/aromatic N) is 2. The molecule has 0 saturated heterocycles. The molecule has 0 aliphatic heterocycles. The van der Waals surface area contributed by atoms with Gasteiger partial charge >= 0.3 is 0 Å². The number of pyridine rings is 1. The lowest BCUT2D eigenvalue weighted by atomic mass is 10.3. The van der Waals surface area contributed by atoms with Gasteiger partial charge in [-0.25, -0.2) is 0 Å². The van der Waals surface area contributed by atoms with Crippen LogP contribution in [0, 0.1) is 5.21 Å². The molecule has 0 fully saturated rings. The Balaban J connectivity index is 2.44. The summed E-state index contributed by atoms with van der Waals surface area (Å²) < 4.78 is 0.726. The predicted molar refractivity (Wildman–Crippen MR) is 49.2 cm³/mol. The summed E-state index contributed by atoms with van der Waals surface area (Å²) in [6.45, 7) is 2.63. The molecule has 0 saturated carbocycles. The monoisotopic (exact) mass is 180 g/mol. The van der Waals surface area contributed by atoms with E-state index in [1.54, 1.807) is 18.3 Å². The van der Waals surface area contributed by atoms with Crippen LogP contribution < -0.4 is 4.73 Å². The van der Waals surface area contributed by atoms with E-state index in [0.29, 0.717) is 6.61 Å². The largest absolute Gasteiger partial charge is 0.619 e. The molecule has 70 valence electrons. The average Bonchev–Trinajstić information content (AvgIpc) is 2.15. The number of oxime groups is 1. The normalized spacial score (nSPS) is 10.5. The van der Waals surface area contributed by atoms with E-state index in [-0.39, 0.29) is 0 Å². The first-order valence-electron chi connectivity index (χ1n) is 4.17. The molecule has 13 heavy (non-hydrogen) atoms. The number of hydrogen-bond acceptors (Lipinski definition) is 3. The molecule has 1 heterocycles. The quantitative estimate of drug-likeness (QED) is 0.229. The van der Waals surface area contributed by atoms with E-state index in [2.05, 4.69) is 5.16 Å². The summed E-state index contributed by atoms with van der Waals surface area (Å²) in [5, 5.41) is 14.4. The lowest BCUT2D eigenvalue weighted by Crippen LogP contribution is -2.23. The van der Waals surface area contributed by atoms with E-state index in [1.807, 2.05) is 6.92 Å². The first kappa shape index (κ1) is 9.51. The summed E-state index contributed by atoms with van der Waals surface area (Å²) in [5.41, 5.74) is 0.850. The van der Waals surface area contributed by atoms with Crippen molar-refractivity contribution in [2.45, 2.75) is 13.3 Å². The molecule has 1 aromatic rings. The third kappa shape index (κ3) is 3.55. The van der Waals surface area contributed by atoms with Crippen LogP contribution in [0.25, 0.3) is 0 Å². The standard InChI is InChI=1S/C9H12N2O2/c1-2-7-13-10-8-9-3-5-11(12)6-4-9/h3-6,8H,2,7H2,1H3/b10-8+. The Morgan fingerprint density at radius 2 is 2.23 bits per heavy atom. The molecule has 0 radical (unpaired) electrons. The van der Waals surface area contributed by atoms with Gasteiger partial charge in [-0.2, -0.15) is 4.73 Å². The molecular weight excluding hydrogens is 168 g/mol. The molecule has 0 spiro atoms. The third-order valence-corrected chi connectivity index (χ3v) is 1.40. The van der Waals surface area contributed by atoms with Crippen molar-refractivity contribution in [2.24, 2.45) is 5.16 Å². The third-order valence-electron chi connectivity index (χ3n) is 1.40. The first-order valence-corrected chi connectivity index (χ1v) is 4.17. The fraction of sp³-hybridized carbons (Fsp3) is 0.333. The lowest BCUT2D eigenvalue weighted by Gasteiger charge is -1.95. The van der Waals surface area contributed by atoms with Crippen molar-refractivity contribution >= 4 is 6.21 Å². The Labute approximate surface area is 77.0 Å². The van der Waals surface area contributed by atoms with Gasteiger partial charge in [0.25, 0.3) is 0 Å². The second-order valence-corrected chi connectivity index (χ2v) is 2.56. The number of hydrogen-bond donors (Lipinski definition) is 0. The zero-order valence-electron chi connectivity index (χ0n) is 7.51. The molecule has 0 amide bonds. The van der Waals surface area contributed by atoms with Crippen molar-refractivity contribution in [2.75, 3.05) is 6.61 Å². The van der Waals surface area contributed by atoms with Gasteiger partial charge < -0.3 is 10.0 Å². The van der Waals surface area contributed by atoms with E-state index in [9.17, 15) is 5.21 Å². The maximum atomic E-state index is 10.6.